The van der Waals surface area contributed by atoms with Crippen molar-refractivity contribution in [2.45, 2.75) is 42.8 Å². The van der Waals surface area contributed by atoms with E-state index >= 15 is 0 Å². The number of benzene rings is 1. The molecule has 1 aliphatic rings. The first-order valence-corrected chi connectivity index (χ1v) is 10.6. The summed E-state index contributed by atoms with van der Waals surface area (Å²) in [5.41, 5.74) is 2.67. The molecule has 2 N–H and O–H groups in total. The molecule has 142 valence electrons. The van der Waals surface area contributed by atoms with Gasteiger partial charge in [-0.1, -0.05) is 35.7 Å². The Labute approximate surface area is 166 Å². The molecule has 6 nitrogen and oxygen atoms in total. The molecule has 0 radical (unpaired) electrons. The number of hydrogen-bond donors (Lipinski definition) is 2. The Hall–Kier alpha value is -2.98. The van der Waals surface area contributed by atoms with Gasteiger partial charge in [-0.05, 0) is 49.6 Å². The second-order valence-electron chi connectivity index (χ2n) is 6.98. The van der Waals surface area contributed by atoms with Crippen molar-refractivity contribution in [2.75, 3.05) is 0 Å². The standard InChI is InChI=1S/C21H21N5OS/c1-14-20(16-8-6-15(12-22)7-9-16)21(27)26(25-14)19-11-10-18(13-24-19)28(23)17-4-2-3-5-17/h6-11,13,17,23,27H,2-5H2,1H3. The van der Waals surface area contributed by atoms with Gasteiger partial charge in [0.1, 0.15) is 0 Å². The molecule has 0 spiro atoms. The third-order valence-electron chi connectivity index (χ3n) is 5.17. The topological polar surface area (TPSA) is 98.6 Å². The number of pyridine rings is 1. The lowest BCUT2D eigenvalue weighted by Crippen LogP contribution is -2.09. The number of nitriles is 1. The third-order valence-corrected chi connectivity index (χ3v) is 7.05. The average molecular weight is 392 g/mol. The minimum Gasteiger partial charge on any atom is -0.493 e. The molecule has 3 aromatic rings. The summed E-state index contributed by atoms with van der Waals surface area (Å²) >= 11 is 0. The number of aromatic hydroxyl groups is 1. The summed E-state index contributed by atoms with van der Waals surface area (Å²) < 4.78 is 9.93. The fraction of sp³-hybridized carbons (Fsp3) is 0.286. The van der Waals surface area contributed by atoms with E-state index in [1.807, 2.05) is 19.1 Å². The summed E-state index contributed by atoms with van der Waals surface area (Å²) in [5.74, 6) is 0.538. The van der Waals surface area contributed by atoms with Gasteiger partial charge in [0.05, 0.1) is 22.9 Å². The van der Waals surface area contributed by atoms with E-state index in [0.29, 0.717) is 27.9 Å². The third kappa shape index (κ3) is 3.32. The van der Waals surface area contributed by atoms with Gasteiger partial charge in [0.15, 0.2) is 5.82 Å². The largest absolute Gasteiger partial charge is 0.493 e. The van der Waals surface area contributed by atoms with E-state index in [0.717, 1.165) is 23.3 Å². The molecule has 1 aliphatic carbocycles. The molecule has 1 fully saturated rings. The Morgan fingerprint density at radius 3 is 2.50 bits per heavy atom. The van der Waals surface area contributed by atoms with Crippen LogP contribution in [-0.4, -0.2) is 25.1 Å². The highest BCUT2D eigenvalue weighted by molar-refractivity contribution is 7.86. The molecule has 0 aliphatic heterocycles. The van der Waals surface area contributed by atoms with E-state index in [1.54, 1.807) is 30.5 Å². The molecule has 1 atom stereocenters. The van der Waals surface area contributed by atoms with E-state index in [2.05, 4.69) is 16.2 Å². The molecular formula is C21H21N5OS. The van der Waals surface area contributed by atoms with Crippen LogP contribution in [0.25, 0.3) is 16.9 Å². The van der Waals surface area contributed by atoms with Gasteiger partial charge in [-0.3, -0.25) is 4.78 Å². The van der Waals surface area contributed by atoms with E-state index < -0.39 is 10.7 Å². The van der Waals surface area contributed by atoms with Crippen LogP contribution in [0.2, 0.25) is 0 Å². The van der Waals surface area contributed by atoms with Crippen LogP contribution < -0.4 is 0 Å². The van der Waals surface area contributed by atoms with E-state index in [-0.39, 0.29) is 5.88 Å². The van der Waals surface area contributed by atoms with Gasteiger partial charge < -0.3 is 5.11 Å². The Morgan fingerprint density at radius 1 is 1.18 bits per heavy atom. The van der Waals surface area contributed by atoms with Crippen molar-refractivity contribution < 1.29 is 5.11 Å². The van der Waals surface area contributed by atoms with Crippen molar-refractivity contribution in [3.63, 3.8) is 0 Å². The van der Waals surface area contributed by atoms with Crippen LogP contribution in [0.15, 0.2) is 47.5 Å². The van der Waals surface area contributed by atoms with Gasteiger partial charge in [0.2, 0.25) is 5.88 Å². The smallest absolute Gasteiger partial charge is 0.223 e. The molecule has 0 saturated heterocycles. The summed E-state index contributed by atoms with van der Waals surface area (Å²) in [6.07, 6.45) is 6.43. The van der Waals surface area contributed by atoms with Gasteiger partial charge in [-0.15, -0.1) is 0 Å². The number of hydrogen-bond acceptors (Lipinski definition) is 5. The first-order chi connectivity index (χ1) is 13.6. The predicted molar refractivity (Wildman–Crippen MR) is 109 cm³/mol. The molecule has 28 heavy (non-hydrogen) atoms. The molecular weight excluding hydrogens is 370 g/mol. The number of nitrogens with zero attached hydrogens (tertiary/aromatic N) is 4. The first kappa shape index (κ1) is 18.4. The maximum absolute atomic E-state index is 10.8. The molecule has 2 heterocycles. The normalized spacial score (nSPS) is 15.4. The first-order valence-electron chi connectivity index (χ1n) is 9.28. The Balaban J connectivity index is 1.64. The molecule has 1 saturated carbocycles. The quantitative estimate of drug-likeness (QED) is 0.684. The number of nitrogens with one attached hydrogen (secondary N) is 1. The number of aromatic nitrogens is 3. The maximum atomic E-state index is 10.8. The highest BCUT2D eigenvalue weighted by atomic mass is 32.2. The maximum Gasteiger partial charge on any atom is 0.223 e. The fourth-order valence-electron chi connectivity index (χ4n) is 3.67. The van der Waals surface area contributed by atoms with E-state index in [4.69, 9.17) is 10.0 Å². The summed E-state index contributed by atoms with van der Waals surface area (Å²) in [4.78, 5) is 5.40. The molecule has 4 rings (SSSR count). The highest BCUT2D eigenvalue weighted by Crippen LogP contribution is 2.34. The van der Waals surface area contributed by atoms with Crippen molar-refractivity contribution >= 4 is 10.7 Å². The summed E-state index contributed by atoms with van der Waals surface area (Å²) in [6, 6.07) is 12.9. The average Bonchev–Trinajstić information content (AvgIpc) is 3.36. The van der Waals surface area contributed by atoms with Crippen molar-refractivity contribution in [3.8, 4) is 28.9 Å². The predicted octanol–water partition coefficient (Wildman–Crippen LogP) is 4.50. The Bertz CT molecular complexity index is 1060. The Kier molecular flexibility index (Phi) is 4.97. The van der Waals surface area contributed by atoms with Crippen molar-refractivity contribution in [3.05, 3.63) is 53.9 Å². The lowest BCUT2D eigenvalue weighted by Gasteiger charge is -2.12. The Morgan fingerprint density at radius 2 is 1.89 bits per heavy atom. The van der Waals surface area contributed by atoms with Gasteiger partial charge in [-0.2, -0.15) is 15.0 Å². The van der Waals surface area contributed by atoms with Gasteiger partial charge >= 0.3 is 0 Å². The molecule has 2 aromatic heterocycles. The second-order valence-corrected chi connectivity index (χ2v) is 8.79. The fourth-order valence-corrected chi connectivity index (χ4v) is 5.24. The van der Waals surface area contributed by atoms with Crippen LogP contribution in [0, 0.1) is 23.0 Å². The van der Waals surface area contributed by atoms with Crippen molar-refractivity contribution in [2.24, 2.45) is 0 Å². The molecule has 1 aromatic carbocycles. The van der Waals surface area contributed by atoms with Crippen molar-refractivity contribution in [1.29, 1.82) is 10.0 Å². The van der Waals surface area contributed by atoms with Crippen LogP contribution in [0.5, 0.6) is 5.88 Å². The zero-order valence-electron chi connectivity index (χ0n) is 15.6. The highest BCUT2D eigenvalue weighted by Gasteiger charge is 2.21. The zero-order valence-corrected chi connectivity index (χ0v) is 16.4. The molecule has 7 heteroatoms. The van der Waals surface area contributed by atoms with Crippen LogP contribution in [-0.2, 0) is 10.7 Å². The van der Waals surface area contributed by atoms with Crippen molar-refractivity contribution in [1.82, 2.24) is 14.8 Å². The summed E-state index contributed by atoms with van der Waals surface area (Å²) in [5, 5.41) is 24.6. The van der Waals surface area contributed by atoms with Crippen LogP contribution in [0.4, 0.5) is 0 Å². The minimum absolute atomic E-state index is 0.0168. The second kappa shape index (κ2) is 7.56. The van der Waals surface area contributed by atoms with Crippen LogP contribution in [0.3, 0.4) is 0 Å². The SMILES string of the molecule is Cc1nn(-c2ccc(S(=N)C3CCCC3)cn2)c(O)c1-c1ccc(C#N)cc1. The van der Waals surface area contributed by atoms with Crippen LogP contribution in [0.1, 0.15) is 36.9 Å². The summed E-state index contributed by atoms with van der Waals surface area (Å²) in [6.45, 7) is 1.83. The molecule has 0 amide bonds. The van der Waals surface area contributed by atoms with Gasteiger partial charge in [0.25, 0.3) is 0 Å². The van der Waals surface area contributed by atoms with E-state index in [1.165, 1.54) is 17.5 Å². The monoisotopic (exact) mass is 391 g/mol. The minimum atomic E-state index is -0.542. The number of rotatable bonds is 4. The number of aryl methyl sites for hydroxylation is 1. The van der Waals surface area contributed by atoms with Crippen LogP contribution >= 0.6 is 0 Å². The van der Waals surface area contributed by atoms with Gasteiger partial charge in [-0.25, -0.2) is 4.98 Å². The summed E-state index contributed by atoms with van der Waals surface area (Å²) in [7, 11) is -0.542. The van der Waals surface area contributed by atoms with E-state index in [9.17, 15) is 5.11 Å². The molecule has 0 bridgehead atoms. The molecule has 1 unspecified atom stereocenters. The van der Waals surface area contributed by atoms with Gasteiger partial charge in [0, 0.05) is 16.3 Å². The zero-order chi connectivity index (χ0) is 19.7. The lowest BCUT2D eigenvalue weighted by molar-refractivity contribution is 0.433. The lowest BCUT2D eigenvalue weighted by atomic mass is 10.0.